The van der Waals surface area contributed by atoms with Gasteiger partial charge in [-0.05, 0) is 0 Å². The standard InChI is InChI=1S/C3H4F3O3P/c4-2(3(5)6)1-10(7,8)9/h1H2,(H2,7,8,9). The Kier molecular flexibility index (Phi) is 3.08. The van der Waals surface area contributed by atoms with Gasteiger partial charge in [0, 0.05) is 0 Å². The predicted octanol–water partition coefficient (Wildman–Crippen LogP) is 1.24. The average molecular weight is 176 g/mol. The van der Waals surface area contributed by atoms with Crippen LogP contribution >= 0.6 is 7.60 Å². The van der Waals surface area contributed by atoms with E-state index in [4.69, 9.17) is 9.79 Å². The molecule has 0 heterocycles. The molecule has 0 aliphatic carbocycles. The Balaban J connectivity index is 4.20. The van der Waals surface area contributed by atoms with E-state index in [1.54, 1.807) is 0 Å². The highest BCUT2D eigenvalue weighted by Gasteiger charge is 2.19. The molecule has 60 valence electrons. The van der Waals surface area contributed by atoms with E-state index in [0.717, 1.165) is 0 Å². The molecule has 7 heteroatoms. The van der Waals surface area contributed by atoms with Gasteiger partial charge in [-0.3, -0.25) is 4.57 Å². The normalized spacial score (nSPS) is 11.3. The third-order valence-corrected chi connectivity index (χ3v) is 1.24. The van der Waals surface area contributed by atoms with Gasteiger partial charge in [-0.25, -0.2) is 4.39 Å². The average Bonchev–Trinajstić information content (AvgIpc) is 1.60. The summed E-state index contributed by atoms with van der Waals surface area (Å²) in [5, 5.41) is 0. The fourth-order valence-corrected chi connectivity index (χ4v) is 0.722. The molecule has 0 spiro atoms. The van der Waals surface area contributed by atoms with E-state index in [9.17, 15) is 17.7 Å². The van der Waals surface area contributed by atoms with Crippen molar-refractivity contribution in [1.29, 1.82) is 0 Å². The van der Waals surface area contributed by atoms with E-state index in [1.807, 2.05) is 0 Å². The molecule has 0 saturated carbocycles. The molecule has 0 saturated heterocycles. The molecule has 0 amide bonds. The summed E-state index contributed by atoms with van der Waals surface area (Å²) in [7, 11) is -4.69. The molecule has 0 aliphatic heterocycles. The fraction of sp³-hybridized carbons (Fsp3) is 0.333. The van der Waals surface area contributed by atoms with Crippen LogP contribution in [0.4, 0.5) is 13.2 Å². The molecule has 0 bridgehead atoms. The molecule has 0 rings (SSSR count). The van der Waals surface area contributed by atoms with Crippen LogP contribution in [-0.2, 0) is 4.57 Å². The first kappa shape index (κ1) is 9.68. The van der Waals surface area contributed by atoms with Crippen molar-refractivity contribution in [3.63, 3.8) is 0 Å². The van der Waals surface area contributed by atoms with Crippen molar-refractivity contribution < 1.29 is 27.5 Å². The molecule has 0 aromatic carbocycles. The van der Waals surface area contributed by atoms with E-state index in [-0.39, 0.29) is 0 Å². The van der Waals surface area contributed by atoms with Crippen molar-refractivity contribution in [2.45, 2.75) is 0 Å². The lowest BCUT2D eigenvalue weighted by atomic mass is 10.7. The Hall–Kier alpha value is -0.320. The monoisotopic (exact) mass is 176 g/mol. The third-order valence-electron chi connectivity index (χ3n) is 0.550. The maximum absolute atomic E-state index is 11.7. The van der Waals surface area contributed by atoms with Crippen LogP contribution in [0.2, 0.25) is 0 Å². The van der Waals surface area contributed by atoms with Gasteiger partial charge in [0.05, 0.1) is 0 Å². The van der Waals surface area contributed by atoms with Crippen molar-refractivity contribution in [2.75, 3.05) is 6.16 Å². The summed E-state index contributed by atoms with van der Waals surface area (Å²) in [6, 6.07) is 0. The minimum atomic E-state index is -4.69. The molecule has 0 atom stereocenters. The van der Waals surface area contributed by atoms with Gasteiger partial charge < -0.3 is 9.79 Å². The van der Waals surface area contributed by atoms with Gasteiger partial charge in [0.1, 0.15) is 6.16 Å². The summed E-state index contributed by atoms with van der Waals surface area (Å²) in [4.78, 5) is 15.9. The van der Waals surface area contributed by atoms with Crippen LogP contribution in [0.3, 0.4) is 0 Å². The quantitative estimate of drug-likeness (QED) is 0.622. The minimum absolute atomic E-state index is 1.53. The maximum atomic E-state index is 11.7. The van der Waals surface area contributed by atoms with Crippen molar-refractivity contribution >= 4 is 7.60 Å². The minimum Gasteiger partial charge on any atom is -0.324 e. The maximum Gasteiger partial charge on any atom is 0.332 e. The summed E-state index contributed by atoms with van der Waals surface area (Å²) in [6.45, 7) is 0. The molecule has 0 aromatic heterocycles. The first-order valence-electron chi connectivity index (χ1n) is 2.07. The highest BCUT2D eigenvalue weighted by Crippen LogP contribution is 2.37. The predicted molar refractivity (Wildman–Crippen MR) is 27.3 cm³/mol. The van der Waals surface area contributed by atoms with Gasteiger partial charge in [-0.2, -0.15) is 8.78 Å². The Labute approximate surface area is 54.3 Å². The first-order valence-corrected chi connectivity index (χ1v) is 3.87. The number of halogens is 3. The molecule has 0 unspecified atom stereocenters. The lowest BCUT2D eigenvalue weighted by molar-refractivity contribution is 0.354. The van der Waals surface area contributed by atoms with Crippen molar-refractivity contribution in [2.24, 2.45) is 0 Å². The Bertz CT molecular complexity index is 191. The third kappa shape index (κ3) is 4.55. The summed E-state index contributed by atoms with van der Waals surface area (Å²) in [5.41, 5.74) is 0. The smallest absolute Gasteiger partial charge is 0.324 e. The highest BCUT2D eigenvalue weighted by molar-refractivity contribution is 7.52. The molecule has 2 N–H and O–H groups in total. The van der Waals surface area contributed by atoms with Gasteiger partial charge in [0.15, 0.2) is 5.83 Å². The van der Waals surface area contributed by atoms with Crippen LogP contribution in [0, 0.1) is 0 Å². The summed E-state index contributed by atoms with van der Waals surface area (Å²) in [6.07, 6.45) is -4.22. The van der Waals surface area contributed by atoms with Crippen LogP contribution in [0.1, 0.15) is 0 Å². The van der Waals surface area contributed by atoms with Gasteiger partial charge in [-0.1, -0.05) is 0 Å². The van der Waals surface area contributed by atoms with E-state index < -0.39 is 25.7 Å². The van der Waals surface area contributed by atoms with Crippen LogP contribution in [0.5, 0.6) is 0 Å². The molecular weight excluding hydrogens is 172 g/mol. The van der Waals surface area contributed by atoms with E-state index >= 15 is 0 Å². The topological polar surface area (TPSA) is 57.5 Å². The second-order valence-corrected chi connectivity index (χ2v) is 3.13. The van der Waals surface area contributed by atoms with Gasteiger partial charge in [0.2, 0.25) is 0 Å². The van der Waals surface area contributed by atoms with Crippen molar-refractivity contribution in [3.05, 3.63) is 11.9 Å². The molecule has 0 aromatic rings. The second-order valence-electron chi connectivity index (χ2n) is 1.49. The van der Waals surface area contributed by atoms with Crippen LogP contribution < -0.4 is 0 Å². The SMILES string of the molecule is O=P(O)(O)CC(F)=C(F)F. The molecular formula is C3H4F3O3P. The zero-order chi connectivity index (χ0) is 8.36. The highest BCUT2D eigenvalue weighted by atomic mass is 31.2. The van der Waals surface area contributed by atoms with Crippen LogP contribution in [0.25, 0.3) is 0 Å². The lowest BCUT2D eigenvalue weighted by Crippen LogP contribution is -1.88. The van der Waals surface area contributed by atoms with Crippen LogP contribution in [0.15, 0.2) is 11.9 Å². The van der Waals surface area contributed by atoms with Crippen molar-refractivity contribution in [3.8, 4) is 0 Å². The Morgan fingerprint density at radius 2 is 1.70 bits per heavy atom. The van der Waals surface area contributed by atoms with E-state index in [2.05, 4.69) is 0 Å². The van der Waals surface area contributed by atoms with Gasteiger partial charge >= 0.3 is 13.7 Å². The Morgan fingerprint density at radius 3 is 1.80 bits per heavy atom. The number of rotatable bonds is 2. The number of hydrogen-bond donors (Lipinski definition) is 2. The summed E-state index contributed by atoms with van der Waals surface area (Å²) >= 11 is 0. The molecule has 0 radical (unpaired) electrons. The largest absolute Gasteiger partial charge is 0.332 e. The molecule has 0 fully saturated rings. The zero-order valence-electron chi connectivity index (χ0n) is 4.59. The van der Waals surface area contributed by atoms with E-state index in [0.29, 0.717) is 0 Å². The molecule has 10 heavy (non-hydrogen) atoms. The second kappa shape index (κ2) is 3.18. The zero-order valence-corrected chi connectivity index (χ0v) is 5.49. The molecule has 3 nitrogen and oxygen atoms in total. The fourth-order valence-electron chi connectivity index (χ4n) is 0.241. The van der Waals surface area contributed by atoms with E-state index in [1.165, 1.54) is 0 Å². The van der Waals surface area contributed by atoms with Gasteiger partial charge in [-0.15, -0.1) is 0 Å². The number of allylic oxidation sites excluding steroid dienone is 1. The van der Waals surface area contributed by atoms with Crippen LogP contribution in [-0.4, -0.2) is 15.9 Å². The lowest BCUT2D eigenvalue weighted by Gasteiger charge is -1.98. The van der Waals surface area contributed by atoms with Crippen molar-refractivity contribution in [1.82, 2.24) is 0 Å². The summed E-state index contributed by atoms with van der Waals surface area (Å²) < 4.78 is 43.7. The number of hydrogen-bond acceptors (Lipinski definition) is 1. The first-order chi connectivity index (χ1) is 4.33. The summed E-state index contributed by atoms with van der Waals surface area (Å²) in [5.74, 6) is -2.06. The van der Waals surface area contributed by atoms with Gasteiger partial charge in [0.25, 0.3) is 0 Å². The molecule has 0 aliphatic rings. The Morgan fingerprint density at radius 1 is 1.30 bits per heavy atom.